The molecule has 1 saturated heterocycles. The van der Waals surface area contributed by atoms with Crippen LogP contribution in [-0.4, -0.2) is 40.6 Å². The van der Waals surface area contributed by atoms with Gasteiger partial charge in [-0.3, -0.25) is 4.79 Å². The van der Waals surface area contributed by atoms with Crippen molar-refractivity contribution in [3.8, 4) is 11.3 Å². The number of anilines is 1. The lowest BCUT2D eigenvalue weighted by Crippen LogP contribution is -2.35. The average Bonchev–Trinajstić information content (AvgIpc) is 3.32. The summed E-state index contributed by atoms with van der Waals surface area (Å²) in [6.45, 7) is 6.68. The van der Waals surface area contributed by atoms with E-state index in [0.717, 1.165) is 28.6 Å². The number of carbonyl (C=O) groups excluding carboxylic acids is 2. The molecule has 7 nitrogen and oxygen atoms in total. The van der Waals surface area contributed by atoms with Crippen molar-refractivity contribution in [1.82, 2.24) is 9.88 Å². The van der Waals surface area contributed by atoms with Crippen LogP contribution >= 0.6 is 11.3 Å². The molecule has 2 aromatic heterocycles. The number of benzene rings is 1. The molecule has 0 aliphatic carbocycles. The van der Waals surface area contributed by atoms with Gasteiger partial charge in [0.2, 0.25) is 0 Å². The van der Waals surface area contributed by atoms with Crippen LogP contribution in [0.15, 0.2) is 36.4 Å². The molecule has 1 aromatic carbocycles. The smallest absolute Gasteiger partial charge is 0.410 e. The van der Waals surface area contributed by atoms with E-state index in [4.69, 9.17) is 21.2 Å². The molecule has 3 aromatic rings. The Labute approximate surface area is 185 Å². The highest BCUT2D eigenvalue weighted by molar-refractivity contribution is 7.21. The van der Waals surface area contributed by atoms with Gasteiger partial charge < -0.3 is 21.1 Å². The van der Waals surface area contributed by atoms with Crippen LogP contribution in [0.25, 0.3) is 21.5 Å². The number of aromatic nitrogens is 1. The zero-order valence-electron chi connectivity index (χ0n) is 17.8. The van der Waals surface area contributed by atoms with Gasteiger partial charge in [-0.05, 0) is 38.8 Å². The molecule has 1 aliphatic rings. The second-order valence-corrected chi connectivity index (χ2v) is 9.76. The number of likely N-dealkylation sites (tertiary alicyclic amines) is 1. The van der Waals surface area contributed by atoms with Crippen molar-refractivity contribution in [2.24, 2.45) is 5.73 Å². The minimum atomic E-state index is -0.561. The molecule has 162 valence electrons. The molecule has 2 amide bonds. The highest BCUT2D eigenvalue weighted by atomic mass is 32.1. The van der Waals surface area contributed by atoms with Crippen LogP contribution < -0.4 is 11.5 Å². The summed E-state index contributed by atoms with van der Waals surface area (Å²) in [6.07, 6.45) is 0.452. The van der Waals surface area contributed by atoms with Crippen molar-refractivity contribution in [1.29, 1.82) is 0 Å². The Morgan fingerprint density at radius 1 is 1.23 bits per heavy atom. The molecular formula is C23H26N4O3S. The number of fused-ring (bicyclic) bond motifs is 1. The third kappa shape index (κ3) is 4.20. The number of carbonyl (C=O) groups is 2. The number of nitrogens with zero attached hydrogens (tertiary/aromatic N) is 2. The third-order valence-corrected chi connectivity index (χ3v) is 6.42. The zero-order chi connectivity index (χ0) is 22.3. The van der Waals surface area contributed by atoms with Crippen LogP contribution in [0, 0.1) is 0 Å². The number of nitrogen functional groups attached to an aromatic ring is 1. The number of amides is 2. The Kier molecular flexibility index (Phi) is 5.35. The quantitative estimate of drug-likeness (QED) is 0.631. The highest BCUT2D eigenvalue weighted by Crippen LogP contribution is 2.42. The van der Waals surface area contributed by atoms with E-state index in [-0.39, 0.29) is 12.0 Å². The van der Waals surface area contributed by atoms with Crippen LogP contribution in [0.2, 0.25) is 0 Å². The molecule has 0 radical (unpaired) electrons. The number of primary amides is 1. The Morgan fingerprint density at radius 3 is 2.58 bits per heavy atom. The van der Waals surface area contributed by atoms with Gasteiger partial charge in [0.15, 0.2) is 0 Å². The lowest BCUT2D eigenvalue weighted by Gasteiger charge is -2.24. The standard InChI is InChI=1S/C23H26N4O3S/c1-23(2,3)30-22(29)27-10-9-14(12-27)15-11-16(13-7-5-4-6-8-13)26-21-17(15)18(24)19(31-21)20(25)28/h4-8,11,14H,9-10,12,24H2,1-3H3,(H2,25,28). The number of hydrogen-bond acceptors (Lipinski definition) is 6. The van der Waals surface area contributed by atoms with Crippen LogP contribution in [-0.2, 0) is 4.74 Å². The second-order valence-electron chi connectivity index (χ2n) is 8.76. The van der Waals surface area contributed by atoms with Gasteiger partial charge in [-0.15, -0.1) is 11.3 Å². The Morgan fingerprint density at radius 2 is 1.94 bits per heavy atom. The van der Waals surface area contributed by atoms with Crippen molar-refractivity contribution >= 4 is 39.2 Å². The third-order valence-electron chi connectivity index (χ3n) is 5.30. The summed E-state index contributed by atoms with van der Waals surface area (Å²) >= 11 is 1.21. The largest absolute Gasteiger partial charge is 0.444 e. The first-order valence-corrected chi connectivity index (χ1v) is 11.0. The first-order chi connectivity index (χ1) is 14.6. The normalized spacial score (nSPS) is 16.6. The molecule has 31 heavy (non-hydrogen) atoms. The van der Waals surface area contributed by atoms with Gasteiger partial charge in [-0.2, -0.15) is 0 Å². The summed E-state index contributed by atoms with van der Waals surface area (Å²) in [5, 5.41) is 0.759. The predicted octanol–water partition coefficient (Wildman–Crippen LogP) is 4.37. The maximum atomic E-state index is 12.6. The minimum Gasteiger partial charge on any atom is -0.444 e. The van der Waals surface area contributed by atoms with Crippen molar-refractivity contribution in [2.45, 2.75) is 38.7 Å². The number of thiophene rings is 1. The fourth-order valence-corrected chi connectivity index (χ4v) is 4.90. The summed E-state index contributed by atoms with van der Waals surface area (Å²) in [5.74, 6) is -0.507. The number of pyridine rings is 1. The maximum absolute atomic E-state index is 12.6. The van der Waals surface area contributed by atoms with Gasteiger partial charge in [0.05, 0.1) is 11.4 Å². The van der Waals surface area contributed by atoms with Crippen molar-refractivity contribution in [3.05, 3.63) is 46.8 Å². The molecule has 4 rings (SSSR count). The summed E-state index contributed by atoms with van der Waals surface area (Å²) in [5.41, 5.74) is 14.5. The molecule has 0 saturated carbocycles. The molecule has 4 N–H and O–H groups in total. The van der Waals surface area contributed by atoms with E-state index in [1.165, 1.54) is 11.3 Å². The minimum absolute atomic E-state index is 0.0538. The molecule has 0 spiro atoms. The monoisotopic (exact) mass is 438 g/mol. The number of rotatable bonds is 3. The topological polar surface area (TPSA) is 112 Å². The molecule has 3 heterocycles. The summed E-state index contributed by atoms with van der Waals surface area (Å²) < 4.78 is 5.54. The highest BCUT2D eigenvalue weighted by Gasteiger charge is 2.33. The van der Waals surface area contributed by atoms with E-state index in [2.05, 4.69) is 0 Å². The Bertz CT molecular complexity index is 1150. The Balaban J connectivity index is 1.77. The first kappa shape index (κ1) is 21.1. The van der Waals surface area contributed by atoms with Gasteiger partial charge >= 0.3 is 6.09 Å². The number of nitrogens with two attached hydrogens (primary N) is 2. The summed E-state index contributed by atoms with van der Waals surface area (Å²) in [7, 11) is 0. The molecule has 1 unspecified atom stereocenters. The lowest BCUT2D eigenvalue weighted by molar-refractivity contribution is 0.0292. The molecule has 1 aliphatic heterocycles. The maximum Gasteiger partial charge on any atom is 0.410 e. The van der Waals surface area contributed by atoms with Crippen LogP contribution in [0.3, 0.4) is 0 Å². The van der Waals surface area contributed by atoms with Crippen LogP contribution in [0.4, 0.5) is 10.5 Å². The van der Waals surface area contributed by atoms with Crippen LogP contribution in [0.1, 0.15) is 48.3 Å². The Hall–Kier alpha value is -3.13. The fraction of sp³-hybridized carbons (Fsp3) is 0.348. The fourth-order valence-electron chi connectivity index (χ4n) is 3.92. The van der Waals surface area contributed by atoms with E-state index in [1.54, 1.807) is 4.90 Å². The SMILES string of the molecule is CC(C)(C)OC(=O)N1CCC(c2cc(-c3ccccc3)nc3sc(C(N)=O)c(N)c23)C1. The van der Waals surface area contributed by atoms with Gasteiger partial charge in [-0.1, -0.05) is 30.3 Å². The van der Waals surface area contributed by atoms with E-state index in [0.29, 0.717) is 28.5 Å². The molecule has 1 fully saturated rings. The summed E-state index contributed by atoms with van der Waals surface area (Å²) in [6, 6.07) is 11.9. The molecule has 8 heteroatoms. The summed E-state index contributed by atoms with van der Waals surface area (Å²) in [4.78, 5) is 32.0. The number of hydrogen-bond donors (Lipinski definition) is 2. The second kappa shape index (κ2) is 7.85. The van der Waals surface area contributed by atoms with Gasteiger partial charge in [0, 0.05) is 30.0 Å². The van der Waals surface area contributed by atoms with E-state index >= 15 is 0 Å². The molecule has 1 atom stereocenters. The van der Waals surface area contributed by atoms with Crippen molar-refractivity contribution in [2.75, 3.05) is 18.8 Å². The molecule has 0 bridgehead atoms. The van der Waals surface area contributed by atoms with Gasteiger partial charge in [-0.25, -0.2) is 9.78 Å². The average molecular weight is 439 g/mol. The zero-order valence-corrected chi connectivity index (χ0v) is 18.7. The van der Waals surface area contributed by atoms with Crippen molar-refractivity contribution < 1.29 is 14.3 Å². The van der Waals surface area contributed by atoms with Gasteiger partial charge in [0.1, 0.15) is 15.3 Å². The van der Waals surface area contributed by atoms with Gasteiger partial charge in [0.25, 0.3) is 5.91 Å². The van der Waals surface area contributed by atoms with E-state index < -0.39 is 11.5 Å². The predicted molar refractivity (Wildman–Crippen MR) is 123 cm³/mol. The first-order valence-electron chi connectivity index (χ1n) is 10.2. The lowest BCUT2D eigenvalue weighted by atomic mass is 9.94. The van der Waals surface area contributed by atoms with Crippen molar-refractivity contribution in [3.63, 3.8) is 0 Å². The number of ether oxygens (including phenoxy) is 1. The van der Waals surface area contributed by atoms with Crippen LogP contribution in [0.5, 0.6) is 0 Å². The van der Waals surface area contributed by atoms with E-state index in [9.17, 15) is 9.59 Å². The molecular weight excluding hydrogens is 412 g/mol. The van der Waals surface area contributed by atoms with E-state index in [1.807, 2.05) is 57.2 Å².